The molecule has 1 rings (SSSR count). The summed E-state index contributed by atoms with van der Waals surface area (Å²) in [5.74, 6) is 0.688. The van der Waals surface area contributed by atoms with Crippen LogP contribution >= 0.6 is 0 Å². The van der Waals surface area contributed by atoms with E-state index in [9.17, 15) is 10.2 Å². The third-order valence-corrected chi connectivity index (χ3v) is 3.16. The van der Waals surface area contributed by atoms with Crippen molar-refractivity contribution in [2.75, 3.05) is 0 Å². The van der Waals surface area contributed by atoms with Crippen molar-refractivity contribution in [3.05, 3.63) is 23.8 Å². The molecule has 0 amide bonds. The Morgan fingerprint density at radius 1 is 1.11 bits per heavy atom. The van der Waals surface area contributed by atoms with Gasteiger partial charge in [0.05, 0.1) is 0 Å². The number of benzene rings is 1. The Balaban J connectivity index is 2.33. The van der Waals surface area contributed by atoms with E-state index in [1.807, 2.05) is 6.07 Å². The Labute approximate surface area is 110 Å². The predicted octanol–water partition coefficient (Wildman–Crippen LogP) is 3.40. The molecule has 3 N–H and O–H groups in total. The summed E-state index contributed by atoms with van der Waals surface area (Å²) in [4.78, 5) is 0. The molecule has 102 valence electrons. The van der Waals surface area contributed by atoms with Crippen molar-refractivity contribution in [3.8, 4) is 11.5 Å². The molecule has 0 bridgehead atoms. The molecule has 1 aromatic rings. The van der Waals surface area contributed by atoms with Gasteiger partial charge in [-0.2, -0.15) is 0 Å². The quantitative estimate of drug-likeness (QED) is 0.651. The van der Waals surface area contributed by atoms with Gasteiger partial charge in [-0.25, -0.2) is 0 Å². The van der Waals surface area contributed by atoms with Crippen molar-refractivity contribution < 1.29 is 10.2 Å². The molecule has 0 aromatic heterocycles. The molecule has 0 heterocycles. The first kappa shape index (κ1) is 14.8. The molecular formula is C15H25NO2. The third kappa shape index (κ3) is 4.96. The van der Waals surface area contributed by atoms with E-state index in [1.54, 1.807) is 6.07 Å². The SMILES string of the molecule is CC(C)CCCC(C)NCc1cccc(O)c1O. The molecule has 1 unspecified atom stereocenters. The summed E-state index contributed by atoms with van der Waals surface area (Å²) in [7, 11) is 0. The van der Waals surface area contributed by atoms with Crippen LogP contribution in [0.15, 0.2) is 18.2 Å². The molecule has 1 atom stereocenters. The monoisotopic (exact) mass is 251 g/mol. The minimum Gasteiger partial charge on any atom is -0.504 e. The van der Waals surface area contributed by atoms with Crippen LogP contribution in [0.3, 0.4) is 0 Å². The summed E-state index contributed by atoms with van der Waals surface area (Å²) >= 11 is 0. The van der Waals surface area contributed by atoms with Crippen LogP contribution in [-0.4, -0.2) is 16.3 Å². The lowest BCUT2D eigenvalue weighted by atomic mass is 10.0. The van der Waals surface area contributed by atoms with E-state index in [0.29, 0.717) is 12.6 Å². The zero-order valence-electron chi connectivity index (χ0n) is 11.6. The fourth-order valence-electron chi connectivity index (χ4n) is 1.94. The predicted molar refractivity (Wildman–Crippen MR) is 74.8 cm³/mol. The van der Waals surface area contributed by atoms with E-state index in [-0.39, 0.29) is 11.5 Å². The van der Waals surface area contributed by atoms with Crippen LogP contribution in [0, 0.1) is 5.92 Å². The Morgan fingerprint density at radius 3 is 2.50 bits per heavy atom. The van der Waals surface area contributed by atoms with E-state index in [4.69, 9.17) is 0 Å². The molecule has 0 aliphatic rings. The molecule has 0 radical (unpaired) electrons. The van der Waals surface area contributed by atoms with Crippen molar-refractivity contribution in [2.24, 2.45) is 5.92 Å². The van der Waals surface area contributed by atoms with E-state index >= 15 is 0 Å². The van der Waals surface area contributed by atoms with Gasteiger partial charge in [0.1, 0.15) is 0 Å². The third-order valence-electron chi connectivity index (χ3n) is 3.16. The Kier molecular flexibility index (Phi) is 5.99. The first-order valence-electron chi connectivity index (χ1n) is 6.74. The largest absolute Gasteiger partial charge is 0.504 e. The summed E-state index contributed by atoms with van der Waals surface area (Å²) < 4.78 is 0. The van der Waals surface area contributed by atoms with E-state index in [2.05, 4.69) is 26.1 Å². The summed E-state index contributed by atoms with van der Waals surface area (Å²) in [5.41, 5.74) is 0.741. The van der Waals surface area contributed by atoms with Gasteiger partial charge in [-0.1, -0.05) is 38.8 Å². The van der Waals surface area contributed by atoms with Crippen LogP contribution in [0.4, 0.5) is 0 Å². The highest BCUT2D eigenvalue weighted by Crippen LogP contribution is 2.28. The molecular weight excluding hydrogens is 226 g/mol. The molecule has 0 spiro atoms. The van der Waals surface area contributed by atoms with E-state index < -0.39 is 0 Å². The summed E-state index contributed by atoms with van der Waals surface area (Å²) in [6.45, 7) is 7.22. The van der Waals surface area contributed by atoms with Crippen LogP contribution in [-0.2, 0) is 6.54 Å². The fraction of sp³-hybridized carbons (Fsp3) is 0.600. The molecule has 0 aliphatic carbocycles. The second-order valence-electron chi connectivity index (χ2n) is 5.39. The topological polar surface area (TPSA) is 52.5 Å². The van der Waals surface area contributed by atoms with Crippen LogP contribution in [0.25, 0.3) is 0 Å². The lowest BCUT2D eigenvalue weighted by molar-refractivity contribution is 0.394. The summed E-state index contributed by atoms with van der Waals surface area (Å²) in [6.07, 6.45) is 3.61. The summed E-state index contributed by atoms with van der Waals surface area (Å²) in [6, 6.07) is 5.48. The first-order valence-corrected chi connectivity index (χ1v) is 6.74. The maximum atomic E-state index is 9.67. The van der Waals surface area contributed by atoms with Gasteiger partial charge in [0.25, 0.3) is 0 Å². The van der Waals surface area contributed by atoms with Crippen LogP contribution < -0.4 is 5.32 Å². The van der Waals surface area contributed by atoms with Crippen molar-refractivity contribution in [2.45, 2.75) is 52.6 Å². The number of hydrogen-bond acceptors (Lipinski definition) is 3. The number of phenolic OH excluding ortho intramolecular Hbond substituents is 2. The molecule has 0 fully saturated rings. The van der Waals surface area contributed by atoms with E-state index in [1.165, 1.54) is 18.9 Å². The lowest BCUT2D eigenvalue weighted by Gasteiger charge is -2.15. The van der Waals surface area contributed by atoms with Gasteiger partial charge in [0.15, 0.2) is 11.5 Å². The number of para-hydroxylation sites is 1. The second kappa shape index (κ2) is 7.27. The van der Waals surface area contributed by atoms with Crippen molar-refractivity contribution in [1.29, 1.82) is 0 Å². The van der Waals surface area contributed by atoms with E-state index in [0.717, 1.165) is 17.9 Å². The maximum absolute atomic E-state index is 9.67. The number of aromatic hydroxyl groups is 2. The van der Waals surface area contributed by atoms with Gasteiger partial charge in [-0.05, 0) is 25.3 Å². The highest BCUT2D eigenvalue weighted by molar-refractivity contribution is 5.44. The van der Waals surface area contributed by atoms with Crippen molar-refractivity contribution in [3.63, 3.8) is 0 Å². The molecule has 0 saturated carbocycles. The van der Waals surface area contributed by atoms with Crippen LogP contribution in [0.5, 0.6) is 11.5 Å². The maximum Gasteiger partial charge on any atom is 0.161 e. The Bertz CT molecular complexity index is 364. The first-order chi connectivity index (χ1) is 8.50. The molecule has 0 aliphatic heterocycles. The minimum absolute atomic E-state index is 0.0145. The Hall–Kier alpha value is -1.22. The van der Waals surface area contributed by atoms with Gasteiger partial charge in [-0.15, -0.1) is 0 Å². The number of nitrogens with one attached hydrogen (secondary N) is 1. The molecule has 3 nitrogen and oxygen atoms in total. The standard InChI is InChI=1S/C15H25NO2/c1-11(2)6-4-7-12(3)16-10-13-8-5-9-14(17)15(13)18/h5,8-9,11-12,16-18H,4,6-7,10H2,1-3H3. The van der Waals surface area contributed by atoms with Crippen LogP contribution in [0.2, 0.25) is 0 Å². The van der Waals surface area contributed by atoms with Gasteiger partial charge in [-0.3, -0.25) is 0 Å². The molecule has 0 saturated heterocycles. The smallest absolute Gasteiger partial charge is 0.161 e. The van der Waals surface area contributed by atoms with Gasteiger partial charge in [0, 0.05) is 18.2 Å². The number of rotatable bonds is 7. The zero-order chi connectivity index (χ0) is 13.5. The lowest BCUT2D eigenvalue weighted by Crippen LogP contribution is -2.25. The molecule has 18 heavy (non-hydrogen) atoms. The summed E-state index contributed by atoms with van der Waals surface area (Å²) in [5, 5.41) is 22.4. The van der Waals surface area contributed by atoms with Crippen molar-refractivity contribution in [1.82, 2.24) is 5.32 Å². The van der Waals surface area contributed by atoms with Gasteiger partial charge in [0.2, 0.25) is 0 Å². The van der Waals surface area contributed by atoms with Crippen LogP contribution in [0.1, 0.15) is 45.6 Å². The average Bonchev–Trinajstić information content (AvgIpc) is 2.30. The fourth-order valence-corrected chi connectivity index (χ4v) is 1.94. The normalized spacial score (nSPS) is 12.9. The van der Waals surface area contributed by atoms with Crippen molar-refractivity contribution >= 4 is 0 Å². The highest BCUT2D eigenvalue weighted by atomic mass is 16.3. The zero-order valence-corrected chi connectivity index (χ0v) is 11.6. The molecule has 1 aromatic carbocycles. The minimum atomic E-state index is -0.0539. The van der Waals surface area contributed by atoms with Gasteiger partial charge < -0.3 is 15.5 Å². The highest BCUT2D eigenvalue weighted by Gasteiger charge is 2.07. The Morgan fingerprint density at radius 2 is 1.83 bits per heavy atom. The number of phenols is 2. The molecule has 3 heteroatoms. The second-order valence-corrected chi connectivity index (χ2v) is 5.39. The average molecular weight is 251 g/mol. The number of hydrogen-bond donors (Lipinski definition) is 3. The van der Waals surface area contributed by atoms with Gasteiger partial charge >= 0.3 is 0 Å².